The molecular formula is C12H8BrF2NO2S. The molecule has 0 atom stereocenters. The van der Waals surface area contributed by atoms with Crippen LogP contribution >= 0.6 is 27.3 Å². The van der Waals surface area contributed by atoms with E-state index in [9.17, 15) is 13.6 Å². The molecule has 0 radical (unpaired) electrons. The molecular weight excluding hydrogens is 340 g/mol. The van der Waals surface area contributed by atoms with Gasteiger partial charge in [-0.25, -0.2) is 0 Å². The molecule has 0 unspecified atom stereocenters. The third kappa shape index (κ3) is 4.00. The van der Waals surface area contributed by atoms with Gasteiger partial charge < -0.3 is 10.1 Å². The highest BCUT2D eigenvalue weighted by molar-refractivity contribution is 9.11. The predicted molar refractivity (Wildman–Crippen MR) is 73.0 cm³/mol. The Morgan fingerprint density at radius 3 is 2.74 bits per heavy atom. The fourth-order valence-corrected chi connectivity index (χ4v) is 2.66. The number of carbonyl (C=O) groups is 1. The number of rotatable bonds is 4. The van der Waals surface area contributed by atoms with E-state index in [-0.39, 0.29) is 11.7 Å². The Morgan fingerprint density at radius 1 is 1.32 bits per heavy atom. The molecule has 0 aliphatic heterocycles. The van der Waals surface area contributed by atoms with Gasteiger partial charge in [0.15, 0.2) is 0 Å². The van der Waals surface area contributed by atoms with Gasteiger partial charge in [0.1, 0.15) is 5.75 Å². The monoisotopic (exact) mass is 347 g/mol. The van der Waals surface area contributed by atoms with E-state index >= 15 is 0 Å². The molecule has 2 aromatic rings. The van der Waals surface area contributed by atoms with E-state index in [1.54, 1.807) is 18.2 Å². The Labute approximate surface area is 120 Å². The van der Waals surface area contributed by atoms with Crippen molar-refractivity contribution in [3.8, 4) is 5.75 Å². The van der Waals surface area contributed by atoms with Crippen LogP contribution in [0.1, 0.15) is 9.67 Å². The van der Waals surface area contributed by atoms with Gasteiger partial charge in [-0.15, -0.1) is 11.3 Å². The Morgan fingerprint density at radius 2 is 2.11 bits per heavy atom. The average molecular weight is 348 g/mol. The number of halogens is 3. The molecule has 7 heteroatoms. The largest absolute Gasteiger partial charge is 0.435 e. The van der Waals surface area contributed by atoms with Crippen LogP contribution in [0.15, 0.2) is 40.2 Å². The summed E-state index contributed by atoms with van der Waals surface area (Å²) >= 11 is 4.54. The van der Waals surface area contributed by atoms with Gasteiger partial charge in [-0.1, -0.05) is 6.07 Å². The lowest BCUT2D eigenvalue weighted by atomic mass is 10.3. The predicted octanol–water partition coefficient (Wildman–Crippen LogP) is 4.36. The van der Waals surface area contributed by atoms with Crippen LogP contribution in [0.5, 0.6) is 5.75 Å². The van der Waals surface area contributed by atoms with Crippen molar-refractivity contribution in [1.82, 2.24) is 0 Å². The molecule has 0 saturated heterocycles. The molecule has 0 fully saturated rings. The molecule has 0 aliphatic rings. The maximum Gasteiger partial charge on any atom is 0.387 e. The van der Waals surface area contributed by atoms with Crippen LogP contribution in [0, 0.1) is 0 Å². The molecule has 1 amide bonds. The zero-order chi connectivity index (χ0) is 13.8. The molecule has 0 spiro atoms. The molecule has 19 heavy (non-hydrogen) atoms. The van der Waals surface area contributed by atoms with Crippen LogP contribution in [0.4, 0.5) is 14.5 Å². The molecule has 1 N–H and O–H groups in total. The van der Waals surface area contributed by atoms with Gasteiger partial charge in [-0.2, -0.15) is 8.78 Å². The number of nitrogens with one attached hydrogen (secondary N) is 1. The number of hydrogen-bond acceptors (Lipinski definition) is 3. The number of carbonyl (C=O) groups excluding carboxylic acids is 1. The molecule has 2 rings (SSSR count). The summed E-state index contributed by atoms with van der Waals surface area (Å²) in [7, 11) is 0. The summed E-state index contributed by atoms with van der Waals surface area (Å²) in [5.74, 6) is -0.301. The Bertz CT molecular complexity index is 589. The van der Waals surface area contributed by atoms with Crippen molar-refractivity contribution in [2.45, 2.75) is 6.61 Å². The number of anilines is 1. The molecule has 0 aliphatic carbocycles. The van der Waals surface area contributed by atoms with Crippen molar-refractivity contribution < 1.29 is 18.3 Å². The average Bonchev–Trinajstić information content (AvgIpc) is 2.75. The second-order valence-corrected chi connectivity index (χ2v) is 5.93. The Kier molecular flexibility index (Phi) is 4.49. The van der Waals surface area contributed by atoms with Crippen molar-refractivity contribution in [1.29, 1.82) is 0 Å². The first-order valence-electron chi connectivity index (χ1n) is 5.16. The van der Waals surface area contributed by atoms with Crippen LogP contribution in [-0.2, 0) is 0 Å². The van der Waals surface area contributed by atoms with Gasteiger partial charge >= 0.3 is 6.61 Å². The van der Waals surface area contributed by atoms with Crippen molar-refractivity contribution in [2.24, 2.45) is 0 Å². The molecule has 100 valence electrons. The van der Waals surface area contributed by atoms with Crippen LogP contribution < -0.4 is 10.1 Å². The SMILES string of the molecule is O=C(Nc1cccc(OC(F)F)c1)c1ccc(Br)s1. The summed E-state index contributed by atoms with van der Waals surface area (Å²) in [6, 6.07) is 9.28. The van der Waals surface area contributed by atoms with Crippen molar-refractivity contribution in [3.05, 3.63) is 45.1 Å². The zero-order valence-corrected chi connectivity index (χ0v) is 11.8. The first kappa shape index (κ1) is 14.0. The van der Waals surface area contributed by atoms with Crippen molar-refractivity contribution >= 4 is 38.9 Å². The van der Waals surface area contributed by atoms with E-state index < -0.39 is 6.61 Å². The first-order chi connectivity index (χ1) is 9.04. The lowest BCUT2D eigenvalue weighted by Gasteiger charge is -2.07. The minimum atomic E-state index is -2.89. The number of thiophene rings is 1. The standard InChI is InChI=1S/C12H8BrF2NO2S/c13-10-5-4-9(19-10)11(17)16-7-2-1-3-8(6-7)18-12(14)15/h1-6,12H,(H,16,17). The van der Waals surface area contributed by atoms with E-state index in [0.717, 1.165) is 3.79 Å². The molecule has 3 nitrogen and oxygen atoms in total. The van der Waals surface area contributed by atoms with Gasteiger partial charge in [-0.05, 0) is 40.2 Å². The van der Waals surface area contributed by atoms with Crippen LogP contribution in [0.2, 0.25) is 0 Å². The number of alkyl halides is 2. The quantitative estimate of drug-likeness (QED) is 0.891. The summed E-state index contributed by atoms with van der Waals surface area (Å²) < 4.78 is 29.2. The number of benzene rings is 1. The fraction of sp³-hybridized carbons (Fsp3) is 0.0833. The van der Waals surface area contributed by atoms with E-state index in [2.05, 4.69) is 26.0 Å². The highest BCUT2D eigenvalue weighted by atomic mass is 79.9. The summed E-state index contributed by atoms with van der Waals surface area (Å²) in [4.78, 5) is 12.4. The molecule has 0 saturated carbocycles. The minimum Gasteiger partial charge on any atom is -0.435 e. The van der Waals surface area contributed by atoms with Gasteiger partial charge in [0, 0.05) is 11.8 Å². The summed E-state index contributed by atoms with van der Waals surface area (Å²) in [5, 5.41) is 2.61. The van der Waals surface area contributed by atoms with Crippen LogP contribution in [-0.4, -0.2) is 12.5 Å². The normalized spacial score (nSPS) is 10.5. The Hall–Kier alpha value is -1.47. The highest BCUT2D eigenvalue weighted by Gasteiger charge is 2.10. The fourth-order valence-electron chi connectivity index (χ4n) is 1.38. The zero-order valence-electron chi connectivity index (χ0n) is 9.40. The van der Waals surface area contributed by atoms with Gasteiger partial charge in [-0.3, -0.25) is 4.79 Å². The van der Waals surface area contributed by atoms with E-state index in [1.165, 1.54) is 29.5 Å². The Balaban J connectivity index is 2.08. The number of hydrogen-bond donors (Lipinski definition) is 1. The van der Waals surface area contributed by atoms with Crippen molar-refractivity contribution in [2.75, 3.05) is 5.32 Å². The van der Waals surface area contributed by atoms with Gasteiger partial charge in [0.2, 0.25) is 0 Å². The van der Waals surface area contributed by atoms with Crippen LogP contribution in [0.25, 0.3) is 0 Å². The minimum absolute atomic E-state index is 0.000148. The van der Waals surface area contributed by atoms with Gasteiger partial charge in [0.25, 0.3) is 5.91 Å². The number of ether oxygens (including phenoxy) is 1. The number of amides is 1. The third-order valence-corrected chi connectivity index (χ3v) is 3.74. The topological polar surface area (TPSA) is 38.3 Å². The van der Waals surface area contributed by atoms with E-state index in [4.69, 9.17) is 0 Å². The van der Waals surface area contributed by atoms with Gasteiger partial charge in [0.05, 0.1) is 8.66 Å². The molecule has 1 aromatic heterocycles. The summed E-state index contributed by atoms with van der Waals surface area (Å²) in [6.45, 7) is -2.89. The highest BCUT2D eigenvalue weighted by Crippen LogP contribution is 2.24. The lowest BCUT2D eigenvalue weighted by Crippen LogP contribution is -2.10. The second kappa shape index (κ2) is 6.12. The molecule has 1 heterocycles. The summed E-state index contributed by atoms with van der Waals surface area (Å²) in [5.41, 5.74) is 0.396. The maximum atomic E-state index is 12.1. The lowest BCUT2D eigenvalue weighted by molar-refractivity contribution is -0.0497. The molecule has 1 aromatic carbocycles. The van der Waals surface area contributed by atoms with E-state index in [0.29, 0.717) is 10.6 Å². The van der Waals surface area contributed by atoms with E-state index in [1.807, 2.05) is 0 Å². The van der Waals surface area contributed by atoms with Crippen molar-refractivity contribution in [3.63, 3.8) is 0 Å². The maximum absolute atomic E-state index is 12.1. The summed E-state index contributed by atoms with van der Waals surface area (Å²) in [6.07, 6.45) is 0. The van der Waals surface area contributed by atoms with Crippen LogP contribution in [0.3, 0.4) is 0 Å². The second-order valence-electron chi connectivity index (χ2n) is 3.46. The third-order valence-electron chi connectivity index (χ3n) is 2.11. The first-order valence-corrected chi connectivity index (χ1v) is 6.77. The molecule has 0 bridgehead atoms. The smallest absolute Gasteiger partial charge is 0.387 e.